The minimum atomic E-state index is -4.44. The molecule has 0 bridgehead atoms. The average Bonchev–Trinajstić information content (AvgIpc) is 3.30. The van der Waals surface area contributed by atoms with Gasteiger partial charge in [0, 0.05) is 38.2 Å². The molecular formula is C25H23F3N6O3S. The van der Waals surface area contributed by atoms with Gasteiger partial charge in [-0.2, -0.15) is 18.2 Å². The molecule has 0 saturated carbocycles. The predicted octanol–water partition coefficient (Wildman–Crippen LogP) is 4.92. The number of ether oxygens (including phenoxy) is 2. The molecule has 1 amide bonds. The van der Waals surface area contributed by atoms with E-state index >= 15 is 0 Å². The molecular weight excluding hydrogens is 521 g/mol. The fraction of sp³-hybridized carbons (Fsp3) is 0.280. The van der Waals surface area contributed by atoms with Crippen molar-refractivity contribution in [1.82, 2.24) is 20.3 Å². The average molecular weight is 545 g/mol. The number of fused-ring (bicyclic) bond motifs is 1. The highest BCUT2D eigenvalue weighted by Crippen LogP contribution is 2.36. The molecule has 1 atom stereocenters. The zero-order valence-corrected chi connectivity index (χ0v) is 20.9. The van der Waals surface area contributed by atoms with Crippen molar-refractivity contribution in [2.45, 2.75) is 19.2 Å². The van der Waals surface area contributed by atoms with Crippen LogP contribution in [0.15, 0.2) is 48.5 Å². The summed E-state index contributed by atoms with van der Waals surface area (Å²) in [5.41, 5.74) is 0.617. The molecule has 3 N–H and O–H groups in total. The first-order chi connectivity index (χ1) is 18.2. The normalized spacial score (nSPS) is 15.8. The number of rotatable bonds is 7. The molecule has 13 heteroatoms. The van der Waals surface area contributed by atoms with E-state index in [2.05, 4.69) is 30.9 Å². The maximum atomic E-state index is 13.1. The fourth-order valence-corrected chi connectivity index (χ4v) is 4.74. The zero-order valence-electron chi connectivity index (χ0n) is 20.1. The van der Waals surface area contributed by atoms with Crippen LogP contribution >= 0.6 is 11.3 Å². The van der Waals surface area contributed by atoms with Crippen LogP contribution in [-0.2, 0) is 15.7 Å². The van der Waals surface area contributed by atoms with E-state index in [0.717, 1.165) is 23.4 Å². The van der Waals surface area contributed by atoms with Crippen LogP contribution < -0.4 is 20.7 Å². The van der Waals surface area contributed by atoms with E-state index in [1.54, 1.807) is 18.2 Å². The van der Waals surface area contributed by atoms with Crippen LogP contribution in [0.2, 0.25) is 0 Å². The summed E-state index contributed by atoms with van der Waals surface area (Å²) < 4.78 is 51.8. The minimum Gasteiger partial charge on any atom is -0.437 e. The summed E-state index contributed by atoms with van der Waals surface area (Å²) in [5.74, 6) is 0.562. The van der Waals surface area contributed by atoms with Crippen LogP contribution in [0.25, 0.3) is 21.5 Å². The van der Waals surface area contributed by atoms with Crippen LogP contribution in [-0.4, -0.2) is 53.2 Å². The second-order valence-corrected chi connectivity index (χ2v) is 9.50. The first-order valence-electron chi connectivity index (χ1n) is 11.7. The molecule has 1 unspecified atom stereocenters. The summed E-state index contributed by atoms with van der Waals surface area (Å²) in [7, 11) is 0. The first kappa shape index (κ1) is 25.8. The molecule has 1 saturated heterocycles. The first-order valence-corrected chi connectivity index (χ1v) is 12.5. The van der Waals surface area contributed by atoms with Gasteiger partial charge in [0.25, 0.3) is 0 Å². The minimum absolute atomic E-state index is 0.0950. The summed E-state index contributed by atoms with van der Waals surface area (Å²) >= 11 is 1.30. The molecule has 38 heavy (non-hydrogen) atoms. The third-order valence-electron chi connectivity index (χ3n) is 5.58. The van der Waals surface area contributed by atoms with Crippen molar-refractivity contribution in [2.24, 2.45) is 0 Å². The van der Waals surface area contributed by atoms with Crippen molar-refractivity contribution in [1.29, 1.82) is 0 Å². The Balaban J connectivity index is 1.47. The van der Waals surface area contributed by atoms with Gasteiger partial charge in [-0.3, -0.25) is 4.79 Å². The molecule has 9 nitrogen and oxygen atoms in total. The number of nitrogens with zero attached hydrogens (tertiary/aromatic N) is 3. The highest BCUT2D eigenvalue weighted by Gasteiger charge is 2.30. The molecule has 1 aliphatic heterocycles. The molecule has 0 aliphatic carbocycles. The highest BCUT2D eigenvalue weighted by molar-refractivity contribution is 7.22. The van der Waals surface area contributed by atoms with Crippen molar-refractivity contribution < 1.29 is 27.4 Å². The van der Waals surface area contributed by atoms with Gasteiger partial charge in [-0.25, -0.2) is 9.97 Å². The Kier molecular flexibility index (Phi) is 7.40. The van der Waals surface area contributed by atoms with Gasteiger partial charge in [-0.1, -0.05) is 29.5 Å². The van der Waals surface area contributed by atoms with E-state index in [4.69, 9.17) is 9.47 Å². The van der Waals surface area contributed by atoms with Gasteiger partial charge in [-0.15, -0.1) is 0 Å². The standard InChI is InChI=1S/C25H23F3N6O3S/c1-14(35)31-24-34-22-19(3-2-4-20(22)38-24)37-21-11-18(15-5-7-16(8-6-15)25(26,27)28)32-23(33-21)30-13-17-12-29-9-10-36-17/h2-8,11,17,29H,9-10,12-13H2,1H3,(H,30,32,33)(H,31,34,35). The van der Waals surface area contributed by atoms with Crippen LogP contribution in [0.1, 0.15) is 12.5 Å². The molecule has 5 rings (SSSR count). The van der Waals surface area contributed by atoms with Crippen molar-refractivity contribution >= 4 is 38.5 Å². The second-order valence-electron chi connectivity index (χ2n) is 8.47. The number of thiazole rings is 1. The van der Waals surface area contributed by atoms with E-state index in [1.165, 1.54) is 30.4 Å². The number of halogens is 3. The number of hydrogen-bond donors (Lipinski definition) is 3. The number of carbonyl (C=O) groups excluding carboxylic acids is 1. The Bertz CT molecular complexity index is 1440. The monoisotopic (exact) mass is 544 g/mol. The number of anilines is 2. The number of morpholine rings is 1. The number of aromatic nitrogens is 3. The van der Waals surface area contributed by atoms with Gasteiger partial charge in [0.1, 0.15) is 5.52 Å². The quantitative estimate of drug-likeness (QED) is 0.301. The number of para-hydroxylation sites is 1. The molecule has 2 aromatic heterocycles. The van der Waals surface area contributed by atoms with Crippen molar-refractivity contribution in [3.05, 3.63) is 54.1 Å². The molecule has 1 aliphatic rings. The van der Waals surface area contributed by atoms with Crippen LogP contribution in [0, 0.1) is 0 Å². The van der Waals surface area contributed by atoms with E-state index in [1.807, 2.05) is 6.07 Å². The summed E-state index contributed by atoms with van der Waals surface area (Å²) in [6.45, 7) is 3.85. The van der Waals surface area contributed by atoms with Gasteiger partial charge >= 0.3 is 6.18 Å². The van der Waals surface area contributed by atoms with E-state index in [-0.39, 0.29) is 23.8 Å². The van der Waals surface area contributed by atoms with E-state index in [0.29, 0.717) is 47.4 Å². The molecule has 0 radical (unpaired) electrons. The number of carbonyl (C=O) groups is 1. The van der Waals surface area contributed by atoms with Crippen LogP contribution in [0.5, 0.6) is 11.6 Å². The molecule has 198 valence electrons. The molecule has 3 heterocycles. The Labute approximate surface area is 219 Å². The largest absolute Gasteiger partial charge is 0.437 e. The van der Waals surface area contributed by atoms with Gasteiger partial charge in [0.15, 0.2) is 10.9 Å². The molecule has 1 fully saturated rings. The van der Waals surface area contributed by atoms with Crippen molar-refractivity contribution in [3.8, 4) is 22.9 Å². The SMILES string of the molecule is CC(=O)Nc1nc2c(Oc3cc(-c4ccc(C(F)(F)F)cc4)nc(NCC4CNCCO4)n3)cccc2s1. The lowest BCUT2D eigenvalue weighted by molar-refractivity contribution is -0.137. The smallest absolute Gasteiger partial charge is 0.416 e. The lowest BCUT2D eigenvalue weighted by Crippen LogP contribution is -2.42. The Morgan fingerprint density at radius 3 is 2.71 bits per heavy atom. The fourth-order valence-electron chi connectivity index (χ4n) is 3.81. The Morgan fingerprint density at radius 1 is 1.18 bits per heavy atom. The zero-order chi connectivity index (χ0) is 26.7. The lowest BCUT2D eigenvalue weighted by Gasteiger charge is -2.23. The van der Waals surface area contributed by atoms with E-state index < -0.39 is 11.7 Å². The maximum Gasteiger partial charge on any atom is 0.416 e. The predicted molar refractivity (Wildman–Crippen MR) is 138 cm³/mol. The highest BCUT2D eigenvalue weighted by atomic mass is 32.1. The van der Waals surface area contributed by atoms with Crippen LogP contribution in [0.3, 0.4) is 0 Å². The number of amides is 1. The molecule has 0 spiro atoms. The third-order valence-corrected chi connectivity index (χ3v) is 6.52. The van der Waals surface area contributed by atoms with Gasteiger partial charge < -0.3 is 25.4 Å². The Hall–Kier alpha value is -3.81. The van der Waals surface area contributed by atoms with Crippen LogP contribution in [0.4, 0.5) is 24.3 Å². The number of benzene rings is 2. The van der Waals surface area contributed by atoms with Gasteiger partial charge in [0.05, 0.1) is 28.7 Å². The summed E-state index contributed by atoms with van der Waals surface area (Å²) in [5, 5.41) is 9.49. The van der Waals surface area contributed by atoms with E-state index in [9.17, 15) is 18.0 Å². The number of hydrogen-bond acceptors (Lipinski definition) is 9. The van der Waals surface area contributed by atoms with Gasteiger partial charge in [0.2, 0.25) is 17.7 Å². The molecule has 4 aromatic rings. The lowest BCUT2D eigenvalue weighted by atomic mass is 10.1. The summed E-state index contributed by atoms with van der Waals surface area (Å²) in [6, 6.07) is 11.6. The third kappa shape index (κ3) is 6.18. The number of nitrogens with one attached hydrogen (secondary N) is 3. The molecule has 2 aromatic carbocycles. The van der Waals surface area contributed by atoms with Crippen molar-refractivity contribution in [2.75, 3.05) is 36.9 Å². The maximum absolute atomic E-state index is 13.1. The topological polar surface area (TPSA) is 110 Å². The summed E-state index contributed by atoms with van der Waals surface area (Å²) in [6.07, 6.45) is -4.54. The Morgan fingerprint density at radius 2 is 2.00 bits per heavy atom. The van der Waals surface area contributed by atoms with Crippen molar-refractivity contribution in [3.63, 3.8) is 0 Å². The second kappa shape index (κ2) is 10.9. The number of alkyl halides is 3. The van der Waals surface area contributed by atoms with Gasteiger partial charge in [-0.05, 0) is 24.3 Å². The summed E-state index contributed by atoms with van der Waals surface area (Å²) in [4.78, 5) is 24.9.